The molecular weight excluding hydrogens is 376 g/mol. The van der Waals surface area contributed by atoms with E-state index in [4.69, 9.17) is 9.05 Å². The van der Waals surface area contributed by atoms with Crippen LogP contribution in [0.3, 0.4) is 0 Å². The second-order valence-corrected chi connectivity index (χ2v) is 9.47. The molecule has 0 bridgehead atoms. The van der Waals surface area contributed by atoms with E-state index in [0.29, 0.717) is 30.4 Å². The zero-order chi connectivity index (χ0) is 18.5. The number of hydrogen-bond acceptors (Lipinski definition) is 8. The minimum Gasteiger partial charge on any atom is -0.361 e. The van der Waals surface area contributed by atoms with Crippen LogP contribution in [0.25, 0.3) is 10.4 Å². The van der Waals surface area contributed by atoms with Gasteiger partial charge in [0, 0.05) is 11.4 Å². The van der Waals surface area contributed by atoms with E-state index in [2.05, 4.69) is 15.3 Å². The van der Waals surface area contributed by atoms with Gasteiger partial charge in [-0.25, -0.2) is 8.42 Å². The first kappa shape index (κ1) is 17.4. The van der Waals surface area contributed by atoms with Gasteiger partial charge in [0.05, 0.1) is 11.3 Å². The van der Waals surface area contributed by atoms with Gasteiger partial charge in [-0.3, -0.25) is 0 Å². The molecule has 0 amide bonds. The third-order valence-corrected chi connectivity index (χ3v) is 7.93. The number of aryl methyl sites for hydroxylation is 3. The van der Waals surface area contributed by atoms with Crippen molar-refractivity contribution >= 4 is 21.4 Å². The summed E-state index contributed by atoms with van der Waals surface area (Å²) in [5.74, 6) is 1.53. The molecule has 1 aliphatic rings. The van der Waals surface area contributed by atoms with Crippen molar-refractivity contribution < 1.29 is 17.5 Å². The first-order valence-electron chi connectivity index (χ1n) is 8.23. The van der Waals surface area contributed by atoms with E-state index in [9.17, 15) is 8.42 Å². The summed E-state index contributed by atoms with van der Waals surface area (Å²) in [5, 5.41) is 7.73. The highest BCUT2D eigenvalue weighted by atomic mass is 32.2. The van der Waals surface area contributed by atoms with Gasteiger partial charge in [0.2, 0.25) is 5.89 Å². The number of sulfonamides is 1. The molecule has 1 atom stereocenters. The van der Waals surface area contributed by atoms with Crippen molar-refractivity contribution in [2.45, 2.75) is 43.9 Å². The number of thiophene rings is 1. The van der Waals surface area contributed by atoms with E-state index in [0.717, 1.165) is 22.6 Å². The van der Waals surface area contributed by atoms with Gasteiger partial charge in [-0.1, -0.05) is 10.3 Å². The van der Waals surface area contributed by atoms with Crippen molar-refractivity contribution in [1.29, 1.82) is 0 Å². The Kier molecular flexibility index (Phi) is 4.20. The number of aromatic nitrogens is 3. The van der Waals surface area contributed by atoms with Gasteiger partial charge in [-0.05, 0) is 45.7 Å². The van der Waals surface area contributed by atoms with Crippen molar-refractivity contribution in [1.82, 2.24) is 19.6 Å². The second kappa shape index (κ2) is 6.29. The summed E-state index contributed by atoms with van der Waals surface area (Å²) in [6.07, 6.45) is 1.43. The standard InChI is InChI=1S/C16H18N4O4S2/c1-9-15(10(2)23-18-9)13-6-7-14(25-13)26(21,22)20-8-4-5-12(20)16-17-11(3)19-24-16/h6-7,12H,4-5,8H2,1-3H3. The highest BCUT2D eigenvalue weighted by molar-refractivity contribution is 7.91. The predicted molar refractivity (Wildman–Crippen MR) is 94.2 cm³/mol. The Bertz CT molecular complexity index is 1030. The molecule has 138 valence electrons. The zero-order valence-electron chi connectivity index (χ0n) is 14.6. The summed E-state index contributed by atoms with van der Waals surface area (Å²) in [6.45, 7) is 5.81. The predicted octanol–water partition coefficient (Wildman–Crippen LogP) is 3.24. The second-order valence-electron chi connectivity index (χ2n) is 6.27. The minimum absolute atomic E-state index is 0.288. The van der Waals surface area contributed by atoms with Crippen molar-refractivity contribution in [3.8, 4) is 10.4 Å². The zero-order valence-corrected chi connectivity index (χ0v) is 16.2. The Morgan fingerprint density at radius 2 is 2.00 bits per heavy atom. The maximum absolute atomic E-state index is 13.2. The van der Waals surface area contributed by atoms with E-state index < -0.39 is 16.1 Å². The summed E-state index contributed by atoms with van der Waals surface area (Å²) in [4.78, 5) is 5.04. The smallest absolute Gasteiger partial charge is 0.253 e. The molecule has 1 fully saturated rings. The van der Waals surface area contributed by atoms with Gasteiger partial charge >= 0.3 is 0 Å². The molecule has 1 aliphatic heterocycles. The third kappa shape index (κ3) is 2.78. The lowest BCUT2D eigenvalue weighted by Gasteiger charge is -2.20. The Labute approximate surface area is 154 Å². The number of rotatable bonds is 4. The lowest BCUT2D eigenvalue weighted by Crippen LogP contribution is -2.30. The molecule has 0 aliphatic carbocycles. The van der Waals surface area contributed by atoms with Crippen LogP contribution in [0.1, 0.15) is 42.1 Å². The molecular formula is C16H18N4O4S2. The molecule has 1 unspecified atom stereocenters. The molecule has 8 nitrogen and oxygen atoms in total. The molecule has 3 aromatic rings. The number of hydrogen-bond donors (Lipinski definition) is 0. The van der Waals surface area contributed by atoms with Crippen LogP contribution in [0.5, 0.6) is 0 Å². The Hall–Kier alpha value is -2.04. The normalized spacial score (nSPS) is 18.7. The molecule has 26 heavy (non-hydrogen) atoms. The quantitative estimate of drug-likeness (QED) is 0.669. The minimum atomic E-state index is -3.65. The van der Waals surface area contributed by atoms with Crippen LogP contribution < -0.4 is 0 Å². The van der Waals surface area contributed by atoms with Crippen molar-refractivity contribution in [3.63, 3.8) is 0 Å². The molecule has 3 aromatic heterocycles. The Morgan fingerprint density at radius 1 is 1.19 bits per heavy atom. The van der Waals surface area contributed by atoms with Gasteiger partial charge < -0.3 is 9.05 Å². The SMILES string of the molecule is Cc1noc(C2CCCN2S(=O)(=O)c2ccc(-c3c(C)noc3C)s2)n1. The van der Waals surface area contributed by atoms with Crippen molar-refractivity contribution in [2.24, 2.45) is 0 Å². The summed E-state index contributed by atoms with van der Waals surface area (Å²) in [5.41, 5.74) is 1.59. The van der Waals surface area contributed by atoms with Gasteiger partial charge in [-0.15, -0.1) is 11.3 Å². The van der Waals surface area contributed by atoms with E-state index in [1.807, 2.05) is 13.8 Å². The van der Waals surface area contributed by atoms with Crippen LogP contribution in [0, 0.1) is 20.8 Å². The maximum Gasteiger partial charge on any atom is 0.253 e. The summed E-state index contributed by atoms with van der Waals surface area (Å²) < 4.78 is 38.5. The van der Waals surface area contributed by atoms with Crippen molar-refractivity contribution in [3.05, 3.63) is 35.3 Å². The number of nitrogens with zero attached hydrogens (tertiary/aromatic N) is 4. The molecule has 4 rings (SSSR count). The van der Waals surface area contributed by atoms with Crippen molar-refractivity contribution in [2.75, 3.05) is 6.54 Å². The summed E-state index contributed by atoms with van der Waals surface area (Å²) in [7, 11) is -3.65. The first-order valence-corrected chi connectivity index (χ1v) is 10.5. The molecule has 0 spiro atoms. The Balaban J connectivity index is 1.69. The average Bonchev–Trinajstić information content (AvgIpc) is 3.34. The fraction of sp³-hybridized carbons (Fsp3) is 0.438. The largest absolute Gasteiger partial charge is 0.361 e. The highest BCUT2D eigenvalue weighted by Crippen LogP contribution is 2.40. The fourth-order valence-corrected chi connectivity index (χ4v) is 6.50. The topological polar surface area (TPSA) is 102 Å². The van der Waals surface area contributed by atoms with Gasteiger partial charge in [0.25, 0.3) is 10.0 Å². The highest BCUT2D eigenvalue weighted by Gasteiger charge is 2.40. The molecule has 4 heterocycles. The third-order valence-electron chi connectivity index (χ3n) is 4.46. The summed E-state index contributed by atoms with van der Waals surface area (Å²) >= 11 is 1.22. The van der Waals surface area contributed by atoms with Crippen LogP contribution in [-0.4, -0.2) is 34.6 Å². The van der Waals surface area contributed by atoms with Crippen LogP contribution in [0.15, 0.2) is 25.4 Å². The maximum atomic E-state index is 13.2. The lowest BCUT2D eigenvalue weighted by atomic mass is 10.2. The molecule has 0 aromatic carbocycles. The van der Waals surface area contributed by atoms with E-state index in [1.54, 1.807) is 19.1 Å². The molecule has 1 saturated heterocycles. The summed E-state index contributed by atoms with van der Waals surface area (Å²) in [6, 6.07) is 3.02. The molecule has 10 heteroatoms. The van der Waals surface area contributed by atoms with Crippen LogP contribution in [0.2, 0.25) is 0 Å². The van der Waals surface area contributed by atoms with Gasteiger partial charge in [-0.2, -0.15) is 9.29 Å². The van der Waals surface area contributed by atoms with Gasteiger partial charge in [0.1, 0.15) is 16.0 Å². The van der Waals surface area contributed by atoms with Crippen LogP contribution in [0.4, 0.5) is 0 Å². The molecule has 0 N–H and O–H groups in total. The molecule has 0 radical (unpaired) electrons. The monoisotopic (exact) mass is 394 g/mol. The van der Waals surface area contributed by atoms with Crippen LogP contribution >= 0.6 is 11.3 Å². The first-order chi connectivity index (χ1) is 12.4. The molecule has 0 saturated carbocycles. The van der Waals surface area contributed by atoms with Crippen LogP contribution in [-0.2, 0) is 10.0 Å². The average molecular weight is 394 g/mol. The van der Waals surface area contributed by atoms with Gasteiger partial charge in [0.15, 0.2) is 5.82 Å². The fourth-order valence-electron chi connectivity index (χ4n) is 3.27. The van der Waals surface area contributed by atoms with E-state index >= 15 is 0 Å². The van der Waals surface area contributed by atoms with E-state index in [-0.39, 0.29) is 4.21 Å². The lowest BCUT2D eigenvalue weighted by molar-refractivity contribution is 0.290. The van der Waals surface area contributed by atoms with E-state index in [1.165, 1.54) is 15.6 Å². The Morgan fingerprint density at radius 3 is 2.65 bits per heavy atom.